The molecule has 1 saturated heterocycles. The summed E-state index contributed by atoms with van der Waals surface area (Å²) in [6, 6.07) is 12.7. The van der Waals surface area contributed by atoms with Gasteiger partial charge in [-0.25, -0.2) is 8.42 Å². The lowest BCUT2D eigenvalue weighted by atomic mass is 10.1. The Hall–Kier alpha value is -3.17. The van der Waals surface area contributed by atoms with Gasteiger partial charge in [0.15, 0.2) is 5.69 Å². The van der Waals surface area contributed by atoms with Crippen LogP contribution in [0.5, 0.6) is 5.75 Å². The molecule has 0 spiro atoms. The third kappa shape index (κ3) is 5.00. The summed E-state index contributed by atoms with van der Waals surface area (Å²) >= 11 is 0. The van der Waals surface area contributed by atoms with Gasteiger partial charge in [-0.05, 0) is 63.1 Å². The first-order valence-corrected chi connectivity index (χ1v) is 12.6. The Labute approximate surface area is 200 Å². The monoisotopic (exact) mass is 483 g/mol. The summed E-state index contributed by atoms with van der Waals surface area (Å²) in [5.74, 6) is 0.947. The average Bonchev–Trinajstić information content (AvgIpc) is 3.17. The number of nitrogens with zero attached hydrogens (tertiary/aromatic N) is 3. The third-order valence-corrected chi connectivity index (χ3v) is 7.86. The SMILES string of the molecule is Cc1ccc(S(=O)(=O)N2CCN(C(=O)c3noc(C)c3COc3cc(C)cc(C)c3)CC2)cc1. The van der Waals surface area contributed by atoms with Crippen molar-refractivity contribution in [3.63, 3.8) is 0 Å². The number of piperazine rings is 1. The minimum atomic E-state index is -3.60. The largest absolute Gasteiger partial charge is 0.489 e. The Morgan fingerprint density at radius 3 is 2.18 bits per heavy atom. The van der Waals surface area contributed by atoms with Crippen molar-refractivity contribution in [3.05, 3.63) is 76.2 Å². The lowest BCUT2D eigenvalue weighted by Gasteiger charge is -2.33. The van der Waals surface area contributed by atoms with Gasteiger partial charge in [-0.2, -0.15) is 4.31 Å². The molecule has 0 bridgehead atoms. The minimum Gasteiger partial charge on any atom is -0.489 e. The standard InChI is InChI=1S/C25H29N3O5S/c1-17-5-7-22(8-6-17)34(30,31)28-11-9-27(10-12-28)25(29)24-23(20(4)33-26-24)16-32-21-14-18(2)13-19(3)15-21/h5-8,13-15H,9-12,16H2,1-4H3. The maximum Gasteiger partial charge on any atom is 0.276 e. The maximum absolute atomic E-state index is 13.2. The molecule has 1 aliphatic heterocycles. The molecule has 2 aromatic carbocycles. The molecule has 3 aromatic rings. The minimum absolute atomic E-state index is 0.154. The molecule has 0 saturated carbocycles. The maximum atomic E-state index is 13.2. The number of amides is 1. The molecule has 0 unspecified atom stereocenters. The smallest absolute Gasteiger partial charge is 0.276 e. The summed E-state index contributed by atoms with van der Waals surface area (Å²) in [4.78, 5) is 15.1. The Bertz CT molecular complexity index is 1270. The number of aromatic nitrogens is 1. The highest BCUT2D eigenvalue weighted by molar-refractivity contribution is 7.89. The number of aryl methyl sites for hydroxylation is 4. The fourth-order valence-electron chi connectivity index (χ4n) is 4.04. The van der Waals surface area contributed by atoms with E-state index in [-0.39, 0.29) is 49.3 Å². The molecule has 1 aliphatic rings. The van der Waals surface area contributed by atoms with Gasteiger partial charge < -0.3 is 14.2 Å². The molecule has 0 N–H and O–H groups in total. The average molecular weight is 484 g/mol. The van der Waals surface area contributed by atoms with Crippen LogP contribution in [0, 0.1) is 27.7 Å². The number of ether oxygens (including phenoxy) is 1. The van der Waals surface area contributed by atoms with Gasteiger partial charge in [0.2, 0.25) is 10.0 Å². The topological polar surface area (TPSA) is 93.0 Å². The molecule has 1 fully saturated rings. The molecular weight excluding hydrogens is 454 g/mol. The van der Waals surface area contributed by atoms with Gasteiger partial charge in [0.05, 0.1) is 10.5 Å². The van der Waals surface area contributed by atoms with Gasteiger partial charge in [0.1, 0.15) is 18.1 Å². The van der Waals surface area contributed by atoms with Crippen LogP contribution in [0.1, 0.15) is 38.5 Å². The van der Waals surface area contributed by atoms with Crippen LogP contribution in [0.15, 0.2) is 51.9 Å². The second kappa shape index (κ2) is 9.60. The predicted molar refractivity (Wildman–Crippen MR) is 127 cm³/mol. The van der Waals surface area contributed by atoms with E-state index in [9.17, 15) is 13.2 Å². The van der Waals surface area contributed by atoms with Crippen LogP contribution in [0.3, 0.4) is 0 Å². The van der Waals surface area contributed by atoms with Crippen molar-refractivity contribution in [2.24, 2.45) is 0 Å². The molecule has 2 heterocycles. The molecule has 0 aliphatic carbocycles. The van der Waals surface area contributed by atoms with E-state index in [1.165, 1.54) is 4.31 Å². The zero-order valence-corrected chi connectivity index (χ0v) is 20.7. The highest BCUT2D eigenvalue weighted by atomic mass is 32.2. The van der Waals surface area contributed by atoms with E-state index in [2.05, 4.69) is 11.2 Å². The number of benzene rings is 2. The van der Waals surface area contributed by atoms with Crippen LogP contribution in [0.25, 0.3) is 0 Å². The van der Waals surface area contributed by atoms with Crippen molar-refractivity contribution in [2.45, 2.75) is 39.2 Å². The van der Waals surface area contributed by atoms with E-state index in [4.69, 9.17) is 9.26 Å². The Morgan fingerprint density at radius 1 is 0.941 bits per heavy atom. The van der Waals surface area contributed by atoms with Gasteiger partial charge in [0.25, 0.3) is 5.91 Å². The number of rotatable bonds is 6. The summed E-state index contributed by atoms with van der Waals surface area (Å²) < 4.78 is 38.5. The molecule has 9 heteroatoms. The van der Waals surface area contributed by atoms with E-state index in [1.807, 2.05) is 32.9 Å². The molecule has 1 amide bonds. The van der Waals surface area contributed by atoms with Gasteiger partial charge in [-0.15, -0.1) is 0 Å². The normalized spacial score (nSPS) is 14.9. The molecule has 1 aromatic heterocycles. The summed E-state index contributed by atoms with van der Waals surface area (Å²) in [5.41, 5.74) is 3.98. The zero-order chi connectivity index (χ0) is 24.5. The Kier molecular flexibility index (Phi) is 6.77. The first kappa shape index (κ1) is 24.0. The second-order valence-corrected chi connectivity index (χ2v) is 10.6. The van der Waals surface area contributed by atoms with Crippen molar-refractivity contribution < 1.29 is 22.5 Å². The van der Waals surface area contributed by atoms with Gasteiger partial charge in [0, 0.05) is 26.2 Å². The Morgan fingerprint density at radius 2 is 1.56 bits per heavy atom. The molecule has 0 atom stereocenters. The van der Waals surface area contributed by atoms with Crippen molar-refractivity contribution in [3.8, 4) is 5.75 Å². The van der Waals surface area contributed by atoms with E-state index in [0.29, 0.717) is 17.1 Å². The highest BCUT2D eigenvalue weighted by Gasteiger charge is 2.32. The lowest BCUT2D eigenvalue weighted by Crippen LogP contribution is -2.50. The number of hydrogen-bond donors (Lipinski definition) is 0. The summed E-state index contributed by atoms with van der Waals surface area (Å²) in [5, 5.41) is 3.98. The van der Waals surface area contributed by atoms with Gasteiger partial charge in [-0.1, -0.05) is 28.9 Å². The number of hydrogen-bond acceptors (Lipinski definition) is 6. The van der Waals surface area contributed by atoms with E-state index in [0.717, 1.165) is 16.7 Å². The zero-order valence-electron chi connectivity index (χ0n) is 19.9. The van der Waals surface area contributed by atoms with E-state index >= 15 is 0 Å². The molecular formula is C25H29N3O5S. The highest BCUT2D eigenvalue weighted by Crippen LogP contribution is 2.23. The molecule has 0 radical (unpaired) electrons. The second-order valence-electron chi connectivity index (χ2n) is 8.69. The molecule has 4 rings (SSSR count). The summed E-state index contributed by atoms with van der Waals surface area (Å²) in [6.45, 7) is 8.78. The lowest BCUT2D eigenvalue weighted by molar-refractivity contribution is 0.0685. The number of sulfonamides is 1. The van der Waals surface area contributed by atoms with Crippen LogP contribution >= 0.6 is 0 Å². The first-order chi connectivity index (χ1) is 16.1. The number of carbonyl (C=O) groups is 1. The quantitative estimate of drug-likeness (QED) is 0.532. The molecule has 180 valence electrons. The third-order valence-electron chi connectivity index (χ3n) is 5.95. The van der Waals surface area contributed by atoms with Crippen molar-refractivity contribution in [1.29, 1.82) is 0 Å². The van der Waals surface area contributed by atoms with Crippen LogP contribution in [-0.2, 0) is 16.6 Å². The van der Waals surface area contributed by atoms with Gasteiger partial charge in [-0.3, -0.25) is 4.79 Å². The van der Waals surface area contributed by atoms with Gasteiger partial charge >= 0.3 is 0 Å². The summed E-state index contributed by atoms with van der Waals surface area (Å²) in [7, 11) is -3.60. The fraction of sp³-hybridized carbons (Fsp3) is 0.360. The van der Waals surface area contributed by atoms with Crippen LogP contribution in [-0.4, -0.2) is 54.9 Å². The van der Waals surface area contributed by atoms with Crippen molar-refractivity contribution in [2.75, 3.05) is 26.2 Å². The van der Waals surface area contributed by atoms with Crippen molar-refractivity contribution in [1.82, 2.24) is 14.4 Å². The number of carbonyl (C=O) groups excluding carboxylic acids is 1. The predicted octanol–water partition coefficient (Wildman–Crippen LogP) is 3.63. The van der Waals surface area contributed by atoms with E-state index in [1.54, 1.807) is 36.1 Å². The van der Waals surface area contributed by atoms with Crippen molar-refractivity contribution >= 4 is 15.9 Å². The van der Waals surface area contributed by atoms with E-state index < -0.39 is 10.0 Å². The van der Waals surface area contributed by atoms with Crippen LogP contribution in [0.4, 0.5) is 0 Å². The first-order valence-electron chi connectivity index (χ1n) is 11.2. The fourth-order valence-corrected chi connectivity index (χ4v) is 5.46. The Balaban J connectivity index is 1.43. The summed E-state index contributed by atoms with van der Waals surface area (Å²) in [6.07, 6.45) is 0. The van der Waals surface area contributed by atoms with Crippen LogP contribution < -0.4 is 4.74 Å². The van der Waals surface area contributed by atoms with Crippen LogP contribution in [0.2, 0.25) is 0 Å². The molecule has 34 heavy (non-hydrogen) atoms. The molecule has 8 nitrogen and oxygen atoms in total.